The van der Waals surface area contributed by atoms with Gasteiger partial charge in [-0.3, -0.25) is 0 Å². The summed E-state index contributed by atoms with van der Waals surface area (Å²) in [6, 6.07) is 0. The molecule has 0 saturated heterocycles. The van der Waals surface area contributed by atoms with Crippen molar-refractivity contribution < 1.29 is 9.90 Å². The van der Waals surface area contributed by atoms with Crippen LogP contribution in [0.2, 0.25) is 0 Å². The monoisotopic (exact) mass is 234 g/mol. The molecule has 0 aliphatic heterocycles. The third kappa shape index (κ3) is 2.18. The van der Waals surface area contributed by atoms with Crippen molar-refractivity contribution in [2.24, 2.45) is 17.3 Å². The molecule has 2 nitrogen and oxygen atoms in total. The van der Waals surface area contributed by atoms with Gasteiger partial charge < -0.3 is 5.11 Å². The van der Waals surface area contributed by atoms with E-state index in [1.165, 1.54) is 24.8 Å². The summed E-state index contributed by atoms with van der Waals surface area (Å²) >= 11 is 0. The summed E-state index contributed by atoms with van der Waals surface area (Å²) < 4.78 is 0. The van der Waals surface area contributed by atoms with Gasteiger partial charge in [-0.2, -0.15) is 0 Å². The van der Waals surface area contributed by atoms with Crippen LogP contribution in [0.5, 0.6) is 0 Å². The molecule has 2 unspecified atom stereocenters. The first-order chi connectivity index (χ1) is 7.94. The maximum absolute atomic E-state index is 11.0. The minimum atomic E-state index is -0.848. The molecule has 2 rings (SSSR count). The van der Waals surface area contributed by atoms with E-state index in [0.29, 0.717) is 16.9 Å². The quantitative estimate of drug-likeness (QED) is 0.583. The number of hydrogen-bond acceptors (Lipinski definition) is 1. The lowest BCUT2D eigenvalue weighted by atomic mass is 9.60. The number of allylic oxidation sites excluding steroid dienone is 2. The highest BCUT2D eigenvalue weighted by Gasteiger charge is 2.39. The average Bonchev–Trinajstić information content (AvgIpc) is 2.27. The molecular weight excluding hydrogens is 212 g/mol. The minimum Gasteiger partial charge on any atom is -0.478 e. The fourth-order valence-corrected chi connectivity index (χ4v) is 3.54. The predicted octanol–water partition coefficient (Wildman–Crippen LogP) is 3.79. The average molecular weight is 234 g/mol. The topological polar surface area (TPSA) is 37.3 Å². The Bertz CT molecular complexity index is 380. The summed E-state index contributed by atoms with van der Waals surface area (Å²) in [5, 5.41) is 9.03. The molecule has 17 heavy (non-hydrogen) atoms. The standard InChI is InChI=1S/C15H22O2/c1-10-5-4-7-15(3)8-6-12(9-13(10)15)11(2)14(16)17/h9-10,12H,2,4-8H2,1,3H3,(H,16,17)/t10?,12?,15-/m1/s1. The molecule has 2 aliphatic carbocycles. The van der Waals surface area contributed by atoms with Crippen LogP contribution in [0.1, 0.15) is 46.0 Å². The van der Waals surface area contributed by atoms with E-state index in [1.807, 2.05) is 0 Å². The molecule has 1 fully saturated rings. The third-order valence-corrected chi connectivity index (χ3v) is 4.70. The van der Waals surface area contributed by atoms with Gasteiger partial charge in [-0.15, -0.1) is 0 Å². The van der Waals surface area contributed by atoms with Crippen LogP contribution in [0.15, 0.2) is 23.8 Å². The summed E-state index contributed by atoms with van der Waals surface area (Å²) in [5.41, 5.74) is 2.17. The minimum absolute atomic E-state index is 0.0520. The second-order valence-electron chi connectivity index (χ2n) is 5.95. The Kier molecular flexibility index (Phi) is 3.15. The lowest BCUT2D eigenvalue weighted by Crippen LogP contribution is -2.33. The highest BCUT2D eigenvalue weighted by atomic mass is 16.4. The fraction of sp³-hybridized carbons (Fsp3) is 0.667. The highest BCUT2D eigenvalue weighted by Crippen LogP contribution is 2.51. The van der Waals surface area contributed by atoms with Gasteiger partial charge in [-0.25, -0.2) is 4.79 Å². The van der Waals surface area contributed by atoms with Crippen LogP contribution in [0.3, 0.4) is 0 Å². The molecule has 2 aliphatic rings. The maximum atomic E-state index is 11.0. The molecule has 0 radical (unpaired) electrons. The third-order valence-electron chi connectivity index (χ3n) is 4.70. The second-order valence-corrected chi connectivity index (χ2v) is 5.95. The number of fused-ring (bicyclic) bond motifs is 1. The molecule has 0 aromatic rings. The molecule has 0 aromatic carbocycles. The van der Waals surface area contributed by atoms with Crippen LogP contribution in [0.25, 0.3) is 0 Å². The molecule has 0 spiro atoms. The zero-order valence-electron chi connectivity index (χ0n) is 10.8. The highest BCUT2D eigenvalue weighted by molar-refractivity contribution is 5.86. The first kappa shape index (κ1) is 12.4. The van der Waals surface area contributed by atoms with Crippen molar-refractivity contribution in [1.82, 2.24) is 0 Å². The lowest BCUT2D eigenvalue weighted by Gasteiger charge is -2.44. The molecule has 0 amide bonds. The van der Waals surface area contributed by atoms with E-state index in [1.54, 1.807) is 0 Å². The van der Waals surface area contributed by atoms with E-state index in [2.05, 4.69) is 26.5 Å². The van der Waals surface area contributed by atoms with Crippen LogP contribution in [0, 0.1) is 17.3 Å². The smallest absolute Gasteiger partial charge is 0.331 e. The van der Waals surface area contributed by atoms with Gasteiger partial charge in [0.2, 0.25) is 0 Å². The molecular formula is C15H22O2. The van der Waals surface area contributed by atoms with E-state index in [-0.39, 0.29) is 5.92 Å². The van der Waals surface area contributed by atoms with E-state index < -0.39 is 5.97 Å². The first-order valence-electron chi connectivity index (χ1n) is 6.58. The largest absolute Gasteiger partial charge is 0.478 e. The summed E-state index contributed by atoms with van der Waals surface area (Å²) in [5.74, 6) is -0.187. The van der Waals surface area contributed by atoms with Gasteiger partial charge in [0.05, 0.1) is 0 Å². The Morgan fingerprint density at radius 3 is 2.82 bits per heavy atom. The van der Waals surface area contributed by atoms with Crippen LogP contribution < -0.4 is 0 Å². The van der Waals surface area contributed by atoms with E-state index in [9.17, 15) is 4.79 Å². The van der Waals surface area contributed by atoms with Crippen molar-refractivity contribution in [2.75, 3.05) is 0 Å². The Labute approximate surface area is 103 Å². The van der Waals surface area contributed by atoms with Crippen LogP contribution in [-0.2, 0) is 4.79 Å². The SMILES string of the molecule is C=C(C(=O)O)C1C=C2C(C)CCC[C@]2(C)CC1. The summed E-state index contributed by atoms with van der Waals surface area (Å²) in [4.78, 5) is 11.0. The fourth-order valence-electron chi connectivity index (χ4n) is 3.54. The van der Waals surface area contributed by atoms with Crippen molar-refractivity contribution in [3.63, 3.8) is 0 Å². The van der Waals surface area contributed by atoms with Crippen LogP contribution in [0.4, 0.5) is 0 Å². The Balaban J connectivity index is 2.28. The Hall–Kier alpha value is -1.05. The number of carbonyl (C=O) groups is 1. The normalized spacial score (nSPS) is 36.9. The number of carboxylic acids is 1. The molecule has 0 aromatic heterocycles. The van der Waals surface area contributed by atoms with Crippen molar-refractivity contribution in [1.29, 1.82) is 0 Å². The summed E-state index contributed by atoms with van der Waals surface area (Å²) in [6.45, 7) is 8.33. The molecule has 94 valence electrons. The molecule has 0 bridgehead atoms. The second kappa shape index (κ2) is 4.32. The van der Waals surface area contributed by atoms with Crippen LogP contribution >= 0.6 is 0 Å². The zero-order chi connectivity index (χ0) is 12.6. The Morgan fingerprint density at radius 1 is 1.47 bits per heavy atom. The molecule has 1 saturated carbocycles. The van der Waals surface area contributed by atoms with Crippen molar-refractivity contribution in [3.05, 3.63) is 23.8 Å². The Morgan fingerprint density at radius 2 is 2.18 bits per heavy atom. The zero-order valence-corrected chi connectivity index (χ0v) is 10.8. The van der Waals surface area contributed by atoms with Crippen molar-refractivity contribution in [3.8, 4) is 0 Å². The molecule has 0 heterocycles. The predicted molar refractivity (Wildman–Crippen MR) is 68.7 cm³/mol. The van der Waals surface area contributed by atoms with Crippen molar-refractivity contribution in [2.45, 2.75) is 46.0 Å². The van der Waals surface area contributed by atoms with Gasteiger partial charge in [-0.1, -0.05) is 38.5 Å². The molecule has 3 atom stereocenters. The molecule has 1 N–H and O–H groups in total. The first-order valence-corrected chi connectivity index (χ1v) is 6.58. The number of hydrogen-bond donors (Lipinski definition) is 1. The van der Waals surface area contributed by atoms with Gasteiger partial charge in [0, 0.05) is 11.5 Å². The van der Waals surface area contributed by atoms with Gasteiger partial charge in [0.25, 0.3) is 0 Å². The van der Waals surface area contributed by atoms with Crippen molar-refractivity contribution >= 4 is 5.97 Å². The van der Waals surface area contributed by atoms with Gasteiger partial charge in [0.15, 0.2) is 0 Å². The van der Waals surface area contributed by atoms with Gasteiger partial charge >= 0.3 is 5.97 Å². The molecule has 2 heteroatoms. The summed E-state index contributed by atoms with van der Waals surface area (Å²) in [7, 11) is 0. The van der Waals surface area contributed by atoms with E-state index >= 15 is 0 Å². The van der Waals surface area contributed by atoms with Gasteiger partial charge in [0.1, 0.15) is 0 Å². The summed E-state index contributed by atoms with van der Waals surface area (Å²) in [6.07, 6.45) is 8.07. The van der Waals surface area contributed by atoms with Gasteiger partial charge in [-0.05, 0) is 37.0 Å². The lowest BCUT2D eigenvalue weighted by molar-refractivity contribution is -0.133. The number of carboxylic acid groups (broad SMARTS) is 1. The maximum Gasteiger partial charge on any atom is 0.331 e. The number of aliphatic carboxylic acids is 1. The van der Waals surface area contributed by atoms with E-state index in [4.69, 9.17) is 5.11 Å². The van der Waals surface area contributed by atoms with Crippen LogP contribution in [-0.4, -0.2) is 11.1 Å². The van der Waals surface area contributed by atoms with E-state index in [0.717, 1.165) is 12.8 Å². The number of rotatable bonds is 2.